The van der Waals surface area contributed by atoms with Crippen molar-refractivity contribution in [3.8, 4) is 0 Å². The Morgan fingerprint density at radius 1 is 0.923 bits per heavy atom. The molecule has 4 rings (SSSR count). The minimum absolute atomic E-state index is 0.236. The zero-order valence-electron chi connectivity index (χ0n) is 15.3. The lowest BCUT2D eigenvalue weighted by Gasteiger charge is -2.33. The number of nitrogens with one attached hydrogen (secondary N) is 1. The molecule has 0 spiro atoms. The Labute approximate surface area is 156 Å². The molecule has 1 N–H and O–H groups in total. The number of hydrogen-bond donors (Lipinski definition) is 1. The third-order valence-corrected chi connectivity index (χ3v) is 5.91. The predicted octanol–water partition coefficient (Wildman–Crippen LogP) is 3.93. The first-order chi connectivity index (χ1) is 12.8. The molecule has 3 heteroatoms. The molecule has 2 aliphatic rings. The minimum Gasteiger partial charge on any atom is -0.352 e. The zero-order valence-corrected chi connectivity index (χ0v) is 15.3. The summed E-state index contributed by atoms with van der Waals surface area (Å²) in [5.74, 6) is 0.236. The molecular weight excluding hydrogens is 320 g/mol. The number of rotatable bonds is 4. The molecule has 2 aliphatic heterocycles. The van der Waals surface area contributed by atoms with Crippen molar-refractivity contribution < 1.29 is 4.79 Å². The van der Waals surface area contributed by atoms with E-state index in [4.69, 9.17) is 0 Å². The van der Waals surface area contributed by atoms with Gasteiger partial charge in [-0.25, -0.2) is 0 Å². The van der Waals surface area contributed by atoms with Crippen LogP contribution in [-0.2, 0) is 17.8 Å². The second kappa shape index (κ2) is 8.05. The van der Waals surface area contributed by atoms with Gasteiger partial charge in [-0.1, -0.05) is 67.1 Å². The van der Waals surface area contributed by atoms with E-state index < -0.39 is 0 Å². The smallest absolute Gasteiger partial charge is 0.220 e. The van der Waals surface area contributed by atoms with E-state index in [1.165, 1.54) is 17.5 Å². The summed E-state index contributed by atoms with van der Waals surface area (Å²) in [7, 11) is 0. The Kier molecular flexibility index (Phi) is 5.35. The summed E-state index contributed by atoms with van der Waals surface area (Å²) >= 11 is 0. The van der Waals surface area contributed by atoms with E-state index in [1.54, 1.807) is 0 Å². The second-order valence-electron chi connectivity index (χ2n) is 7.72. The highest BCUT2D eigenvalue weighted by atomic mass is 16.1. The molecule has 0 aromatic heterocycles. The van der Waals surface area contributed by atoms with E-state index in [-0.39, 0.29) is 5.91 Å². The Balaban J connectivity index is 1.58. The van der Waals surface area contributed by atoms with Gasteiger partial charge in [0.25, 0.3) is 0 Å². The van der Waals surface area contributed by atoms with Gasteiger partial charge in [0.05, 0.1) is 0 Å². The van der Waals surface area contributed by atoms with Crippen LogP contribution < -0.4 is 5.32 Å². The monoisotopic (exact) mass is 348 g/mol. The summed E-state index contributed by atoms with van der Waals surface area (Å²) in [6, 6.07) is 22.7. The summed E-state index contributed by atoms with van der Waals surface area (Å²) in [4.78, 5) is 14.8. The molecular formula is C23H28N2O. The maximum atomic E-state index is 12.2. The number of carbonyl (C=O) groups excluding carboxylic acids is 1. The number of nitrogens with zero attached hydrogens (tertiary/aromatic N) is 1. The van der Waals surface area contributed by atoms with Gasteiger partial charge in [-0.3, -0.25) is 9.69 Å². The van der Waals surface area contributed by atoms with Gasteiger partial charge in [-0.2, -0.15) is 0 Å². The van der Waals surface area contributed by atoms with Crippen molar-refractivity contribution >= 4 is 5.91 Å². The maximum absolute atomic E-state index is 12.2. The average Bonchev–Trinajstić information content (AvgIpc) is 2.94. The quantitative estimate of drug-likeness (QED) is 0.908. The number of fused-ring (bicyclic) bond motifs is 1. The SMILES string of the molecule is O=C1CCCC[C@@H]2[C@H](C[C@H](Cc3ccccc3)N2Cc2ccccc2)N1. The number of benzene rings is 2. The first kappa shape index (κ1) is 17.3. The summed E-state index contributed by atoms with van der Waals surface area (Å²) in [5.41, 5.74) is 2.75. The highest BCUT2D eigenvalue weighted by Crippen LogP contribution is 2.33. The van der Waals surface area contributed by atoms with Gasteiger partial charge >= 0.3 is 0 Å². The normalized spacial score (nSPS) is 26.6. The van der Waals surface area contributed by atoms with E-state index in [9.17, 15) is 4.79 Å². The third-order valence-electron chi connectivity index (χ3n) is 5.91. The van der Waals surface area contributed by atoms with Gasteiger partial charge in [0.2, 0.25) is 5.91 Å². The van der Waals surface area contributed by atoms with Crippen molar-refractivity contribution in [1.82, 2.24) is 10.2 Å². The summed E-state index contributed by atoms with van der Waals surface area (Å²) in [6.07, 6.45) is 6.14. The number of carbonyl (C=O) groups is 1. The molecule has 2 heterocycles. The Bertz CT molecular complexity index is 716. The fourth-order valence-corrected chi connectivity index (χ4v) is 4.65. The van der Waals surface area contributed by atoms with Crippen LogP contribution in [-0.4, -0.2) is 28.9 Å². The van der Waals surface area contributed by atoms with E-state index in [2.05, 4.69) is 70.9 Å². The van der Waals surface area contributed by atoms with Crippen molar-refractivity contribution in [1.29, 1.82) is 0 Å². The van der Waals surface area contributed by atoms with Crippen LogP contribution in [0.25, 0.3) is 0 Å². The van der Waals surface area contributed by atoms with Crippen molar-refractivity contribution in [3.05, 3.63) is 71.8 Å². The van der Waals surface area contributed by atoms with Gasteiger partial charge in [0.15, 0.2) is 0 Å². The van der Waals surface area contributed by atoms with Crippen molar-refractivity contribution in [3.63, 3.8) is 0 Å². The first-order valence-corrected chi connectivity index (χ1v) is 9.92. The highest BCUT2D eigenvalue weighted by Gasteiger charge is 2.41. The van der Waals surface area contributed by atoms with Crippen molar-refractivity contribution in [2.75, 3.05) is 0 Å². The molecule has 0 aliphatic carbocycles. The van der Waals surface area contributed by atoms with Gasteiger partial charge in [0.1, 0.15) is 0 Å². The van der Waals surface area contributed by atoms with Crippen LogP contribution in [0.15, 0.2) is 60.7 Å². The molecule has 2 aromatic rings. The largest absolute Gasteiger partial charge is 0.352 e. The molecule has 26 heavy (non-hydrogen) atoms. The third kappa shape index (κ3) is 3.99. The average molecular weight is 348 g/mol. The zero-order chi connectivity index (χ0) is 17.8. The molecule has 2 saturated heterocycles. The molecule has 3 atom stereocenters. The van der Waals surface area contributed by atoms with E-state index in [1.807, 2.05) is 0 Å². The fraction of sp³-hybridized carbons (Fsp3) is 0.435. The van der Waals surface area contributed by atoms with Gasteiger partial charge in [-0.15, -0.1) is 0 Å². The summed E-state index contributed by atoms with van der Waals surface area (Å²) in [5, 5.41) is 3.33. The highest BCUT2D eigenvalue weighted by molar-refractivity contribution is 5.76. The Morgan fingerprint density at radius 2 is 1.62 bits per heavy atom. The summed E-state index contributed by atoms with van der Waals surface area (Å²) in [6.45, 7) is 0.968. The molecule has 3 nitrogen and oxygen atoms in total. The van der Waals surface area contributed by atoms with Gasteiger partial charge in [-0.05, 0) is 36.8 Å². The summed E-state index contributed by atoms with van der Waals surface area (Å²) < 4.78 is 0. The van der Waals surface area contributed by atoms with E-state index in [0.29, 0.717) is 24.5 Å². The lowest BCUT2D eigenvalue weighted by atomic mass is 9.97. The molecule has 0 unspecified atom stereocenters. The lowest BCUT2D eigenvalue weighted by molar-refractivity contribution is -0.122. The standard InChI is InChI=1S/C23H28N2O/c26-23-14-8-7-13-22-21(24-23)16-20(15-18-9-3-1-4-10-18)25(22)17-19-11-5-2-6-12-19/h1-6,9-12,20-22H,7-8,13-17H2,(H,24,26)/t20-,21-,22+/m0/s1. The molecule has 1 amide bonds. The Morgan fingerprint density at radius 3 is 2.35 bits per heavy atom. The Hall–Kier alpha value is -2.13. The number of likely N-dealkylation sites (tertiary alicyclic amines) is 1. The molecule has 0 radical (unpaired) electrons. The van der Waals surface area contributed by atoms with Gasteiger partial charge in [0, 0.05) is 31.1 Å². The van der Waals surface area contributed by atoms with Crippen LogP contribution in [0.1, 0.15) is 43.2 Å². The van der Waals surface area contributed by atoms with Crippen molar-refractivity contribution in [2.45, 2.75) is 63.2 Å². The molecule has 2 fully saturated rings. The van der Waals surface area contributed by atoms with Crippen LogP contribution in [0.4, 0.5) is 0 Å². The van der Waals surface area contributed by atoms with E-state index >= 15 is 0 Å². The molecule has 2 aromatic carbocycles. The molecule has 136 valence electrons. The van der Waals surface area contributed by atoms with Gasteiger partial charge < -0.3 is 5.32 Å². The van der Waals surface area contributed by atoms with Crippen LogP contribution in [0.2, 0.25) is 0 Å². The topological polar surface area (TPSA) is 32.3 Å². The fourth-order valence-electron chi connectivity index (χ4n) is 4.65. The predicted molar refractivity (Wildman–Crippen MR) is 105 cm³/mol. The van der Waals surface area contributed by atoms with Crippen LogP contribution in [0, 0.1) is 0 Å². The first-order valence-electron chi connectivity index (χ1n) is 9.92. The molecule has 0 bridgehead atoms. The second-order valence-corrected chi connectivity index (χ2v) is 7.72. The molecule has 0 saturated carbocycles. The van der Waals surface area contributed by atoms with Crippen LogP contribution in [0.3, 0.4) is 0 Å². The maximum Gasteiger partial charge on any atom is 0.220 e. The van der Waals surface area contributed by atoms with Crippen LogP contribution in [0.5, 0.6) is 0 Å². The minimum atomic E-state index is 0.236. The van der Waals surface area contributed by atoms with Crippen molar-refractivity contribution in [2.24, 2.45) is 0 Å². The van der Waals surface area contributed by atoms with E-state index in [0.717, 1.165) is 32.2 Å². The number of hydrogen-bond acceptors (Lipinski definition) is 2. The lowest BCUT2D eigenvalue weighted by Crippen LogP contribution is -2.46. The number of amides is 1. The van der Waals surface area contributed by atoms with Crippen LogP contribution >= 0.6 is 0 Å².